The maximum absolute atomic E-state index is 4.66. The first-order chi connectivity index (χ1) is 26.8. The van der Waals surface area contributed by atoms with E-state index in [4.69, 9.17) is 0 Å². The van der Waals surface area contributed by atoms with Gasteiger partial charge in [0.1, 0.15) is 11.4 Å². The van der Waals surface area contributed by atoms with E-state index in [0.717, 1.165) is 55.3 Å². The van der Waals surface area contributed by atoms with Gasteiger partial charge in [-0.3, -0.25) is 0 Å². The van der Waals surface area contributed by atoms with E-state index in [9.17, 15) is 0 Å². The summed E-state index contributed by atoms with van der Waals surface area (Å²) in [6.45, 7) is 0. The molecule has 54 heavy (non-hydrogen) atoms. The third kappa shape index (κ3) is 6.96. The second kappa shape index (κ2) is 15.2. The molecular weight excluding hydrogens is 697 g/mol. The number of hydrogen-bond donors (Lipinski definition) is 0. The number of benzene rings is 6. The van der Waals surface area contributed by atoms with Crippen LogP contribution in [0.5, 0.6) is 0 Å². The molecule has 3 heterocycles. The van der Waals surface area contributed by atoms with Crippen molar-refractivity contribution >= 4 is 56.8 Å². The molecule has 0 atom stereocenters. The summed E-state index contributed by atoms with van der Waals surface area (Å²) >= 11 is 3.46. The second-order valence-electron chi connectivity index (χ2n) is 12.7. The van der Waals surface area contributed by atoms with E-state index in [0.29, 0.717) is 0 Å². The zero-order valence-corrected chi connectivity index (χ0v) is 30.9. The number of para-hydroxylation sites is 4. The minimum Gasteiger partial charge on any atom is -0.311 e. The highest BCUT2D eigenvalue weighted by Crippen LogP contribution is 2.40. The Hall–Kier alpha value is -6.60. The molecule has 0 radical (unpaired) electrons. The molecule has 0 spiro atoms. The number of anilines is 6. The normalized spacial score (nSPS) is 11.0. The van der Waals surface area contributed by atoms with Crippen LogP contribution in [0, 0.1) is 0 Å². The van der Waals surface area contributed by atoms with Crippen LogP contribution in [-0.4, -0.2) is 10.2 Å². The standard InChI is InChI=1S/C48H34N4S2/c1-5-13-37(14-6-1)51(38-15-7-2-8-16-38)41-25-21-35(22-26-41)45-31-33-47(53-45)43-29-30-44(50-49-43)48-34-32-46(54-48)36-23-27-42(28-24-36)52(39-17-9-3-10-18-39)40-19-11-4-12-20-40/h1-34H. The van der Waals surface area contributed by atoms with Crippen LogP contribution >= 0.6 is 22.7 Å². The van der Waals surface area contributed by atoms with Crippen LogP contribution in [0.4, 0.5) is 34.1 Å². The monoisotopic (exact) mass is 730 g/mol. The van der Waals surface area contributed by atoms with Crippen molar-refractivity contribution in [1.29, 1.82) is 0 Å². The Morgan fingerprint density at radius 1 is 0.259 bits per heavy atom. The third-order valence-electron chi connectivity index (χ3n) is 9.26. The molecule has 0 N–H and O–H groups in total. The van der Waals surface area contributed by atoms with Gasteiger partial charge in [0.2, 0.25) is 0 Å². The number of aromatic nitrogens is 2. The molecule has 0 amide bonds. The van der Waals surface area contributed by atoms with Gasteiger partial charge in [-0.15, -0.1) is 32.9 Å². The van der Waals surface area contributed by atoms with Crippen molar-refractivity contribution in [2.24, 2.45) is 0 Å². The van der Waals surface area contributed by atoms with Gasteiger partial charge in [0.05, 0.1) is 9.75 Å². The molecule has 0 aliphatic rings. The molecule has 6 heteroatoms. The molecule has 0 fully saturated rings. The zero-order chi connectivity index (χ0) is 36.1. The lowest BCUT2D eigenvalue weighted by atomic mass is 10.1. The Bertz CT molecular complexity index is 2300. The van der Waals surface area contributed by atoms with Crippen molar-refractivity contribution in [3.05, 3.63) is 206 Å². The summed E-state index contributed by atoms with van der Waals surface area (Å²) < 4.78 is 0. The van der Waals surface area contributed by atoms with Crippen LogP contribution in [0.3, 0.4) is 0 Å². The van der Waals surface area contributed by atoms with Gasteiger partial charge in [0.15, 0.2) is 0 Å². The van der Waals surface area contributed by atoms with E-state index < -0.39 is 0 Å². The average Bonchev–Trinajstić information content (AvgIpc) is 3.95. The van der Waals surface area contributed by atoms with E-state index in [2.05, 4.69) is 202 Å². The Balaban J connectivity index is 0.904. The lowest BCUT2D eigenvalue weighted by Gasteiger charge is -2.25. The summed E-state index contributed by atoms with van der Waals surface area (Å²) in [5.41, 5.74) is 10.8. The van der Waals surface area contributed by atoms with Gasteiger partial charge in [0.25, 0.3) is 0 Å². The highest BCUT2D eigenvalue weighted by atomic mass is 32.1. The van der Waals surface area contributed by atoms with Crippen LogP contribution in [0.1, 0.15) is 0 Å². The smallest absolute Gasteiger partial charge is 0.103 e. The Kier molecular flexibility index (Phi) is 9.34. The Morgan fingerprint density at radius 2 is 0.537 bits per heavy atom. The molecule has 0 saturated heterocycles. The molecule has 258 valence electrons. The predicted octanol–water partition coefficient (Wildman–Crippen LogP) is 14.2. The molecule has 9 rings (SSSR count). The van der Waals surface area contributed by atoms with Crippen molar-refractivity contribution in [3.63, 3.8) is 0 Å². The highest BCUT2D eigenvalue weighted by molar-refractivity contribution is 7.19. The average molecular weight is 731 g/mol. The highest BCUT2D eigenvalue weighted by Gasteiger charge is 2.15. The number of thiophene rings is 2. The summed E-state index contributed by atoms with van der Waals surface area (Å²) in [5, 5.41) is 9.32. The lowest BCUT2D eigenvalue weighted by molar-refractivity contribution is 1.05. The van der Waals surface area contributed by atoms with Crippen molar-refractivity contribution < 1.29 is 0 Å². The van der Waals surface area contributed by atoms with Crippen LogP contribution in [0.25, 0.3) is 42.0 Å². The fourth-order valence-electron chi connectivity index (χ4n) is 6.61. The maximum Gasteiger partial charge on any atom is 0.103 e. The molecule has 3 aromatic heterocycles. The first-order valence-corrected chi connectivity index (χ1v) is 19.5. The van der Waals surface area contributed by atoms with E-state index in [1.807, 2.05) is 24.3 Å². The van der Waals surface area contributed by atoms with Gasteiger partial charge in [-0.1, -0.05) is 97.1 Å². The van der Waals surface area contributed by atoms with Crippen LogP contribution < -0.4 is 9.80 Å². The van der Waals surface area contributed by atoms with Crippen LogP contribution in [0.15, 0.2) is 206 Å². The molecule has 0 aliphatic heterocycles. The fourth-order valence-corrected chi connectivity index (χ4v) is 8.56. The largest absolute Gasteiger partial charge is 0.311 e. The van der Waals surface area contributed by atoms with E-state index in [1.165, 1.54) is 20.9 Å². The minimum atomic E-state index is 0.875. The van der Waals surface area contributed by atoms with Crippen LogP contribution in [0.2, 0.25) is 0 Å². The second-order valence-corrected chi connectivity index (χ2v) is 14.9. The van der Waals surface area contributed by atoms with E-state index in [-0.39, 0.29) is 0 Å². The fraction of sp³-hybridized carbons (Fsp3) is 0. The van der Waals surface area contributed by atoms with Gasteiger partial charge < -0.3 is 9.80 Å². The van der Waals surface area contributed by atoms with Gasteiger partial charge in [0, 0.05) is 43.9 Å². The van der Waals surface area contributed by atoms with Gasteiger partial charge in [-0.25, -0.2) is 0 Å². The predicted molar refractivity (Wildman–Crippen MR) is 229 cm³/mol. The zero-order valence-electron chi connectivity index (χ0n) is 29.2. The summed E-state index contributed by atoms with van der Waals surface area (Å²) in [5.74, 6) is 0. The number of hydrogen-bond acceptors (Lipinski definition) is 6. The van der Waals surface area contributed by atoms with Gasteiger partial charge in [-0.05, 0) is 120 Å². The van der Waals surface area contributed by atoms with E-state index in [1.54, 1.807) is 22.7 Å². The van der Waals surface area contributed by atoms with Gasteiger partial charge >= 0.3 is 0 Å². The molecule has 9 aromatic rings. The molecule has 0 aliphatic carbocycles. The summed E-state index contributed by atoms with van der Waals surface area (Å²) in [6, 6.07) is 72.3. The molecule has 0 saturated carbocycles. The molecule has 0 unspecified atom stereocenters. The SMILES string of the molecule is c1ccc(N(c2ccccc2)c2ccc(-c3ccc(-c4ccc(-c5ccc(-c6ccc(N(c7ccccc7)c7ccccc7)cc6)s5)nn4)s3)cc2)cc1. The lowest BCUT2D eigenvalue weighted by Crippen LogP contribution is -2.09. The topological polar surface area (TPSA) is 32.3 Å². The summed E-state index contributed by atoms with van der Waals surface area (Å²) in [6.07, 6.45) is 0. The Morgan fingerprint density at radius 3 is 0.833 bits per heavy atom. The molecule has 4 nitrogen and oxygen atoms in total. The molecule has 0 bridgehead atoms. The van der Waals surface area contributed by atoms with Crippen LogP contribution in [-0.2, 0) is 0 Å². The van der Waals surface area contributed by atoms with Crippen molar-refractivity contribution in [2.75, 3.05) is 9.80 Å². The first-order valence-electron chi connectivity index (χ1n) is 17.8. The van der Waals surface area contributed by atoms with Gasteiger partial charge in [-0.2, -0.15) is 0 Å². The third-order valence-corrected chi connectivity index (χ3v) is 11.6. The Labute approximate surface area is 323 Å². The molecular formula is C48H34N4S2. The number of rotatable bonds is 10. The van der Waals surface area contributed by atoms with Crippen molar-refractivity contribution in [2.45, 2.75) is 0 Å². The van der Waals surface area contributed by atoms with Crippen molar-refractivity contribution in [1.82, 2.24) is 10.2 Å². The van der Waals surface area contributed by atoms with E-state index >= 15 is 0 Å². The minimum absolute atomic E-state index is 0.875. The quantitative estimate of drug-likeness (QED) is 0.140. The number of nitrogens with zero attached hydrogens (tertiary/aromatic N) is 4. The van der Waals surface area contributed by atoms with Crippen molar-refractivity contribution in [3.8, 4) is 42.0 Å². The summed E-state index contributed by atoms with van der Waals surface area (Å²) in [4.78, 5) is 9.13. The molecule has 6 aromatic carbocycles. The summed E-state index contributed by atoms with van der Waals surface area (Å²) in [7, 11) is 0. The first kappa shape index (κ1) is 33.3. The maximum atomic E-state index is 4.66.